The van der Waals surface area contributed by atoms with Gasteiger partial charge in [0, 0.05) is 6.21 Å². The summed E-state index contributed by atoms with van der Waals surface area (Å²) in [5.41, 5.74) is 6.86. The molecule has 4 heteroatoms. The van der Waals surface area contributed by atoms with E-state index >= 15 is 0 Å². The molecular weight excluding hydrogens is 118 g/mol. The highest BCUT2D eigenvalue weighted by Gasteiger charge is 2.18. The van der Waals surface area contributed by atoms with E-state index in [1.165, 1.54) is 12.8 Å². The van der Waals surface area contributed by atoms with Crippen LogP contribution in [-0.4, -0.2) is 12.2 Å². The molecule has 0 aromatic carbocycles. The molecule has 0 saturated heterocycles. The average Bonchev–Trinajstić information content (AvgIpc) is 2.48. The SMILES string of the molecule is NC(=O)NN=CC1CC1. The number of hydrogen-bond donors (Lipinski definition) is 2. The van der Waals surface area contributed by atoms with Crippen molar-refractivity contribution in [3.05, 3.63) is 0 Å². The summed E-state index contributed by atoms with van der Waals surface area (Å²) in [7, 11) is 0. The largest absolute Gasteiger partial charge is 0.350 e. The van der Waals surface area contributed by atoms with E-state index in [-0.39, 0.29) is 0 Å². The molecular formula is C5H9N3O. The van der Waals surface area contributed by atoms with Crippen LogP contribution in [0.15, 0.2) is 5.10 Å². The quantitative estimate of drug-likeness (QED) is 0.399. The lowest BCUT2D eigenvalue weighted by Gasteiger charge is -1.87. The maximum Gasteiger partial charge on any atom is 0.332 e. The Hall–Kier alpha value is -1.06. The van der Waals surface area contributed by atoms with Crippen molar-refractivity contribution in [2.75, 3.05) is 0 Å². The van der Waals surface area contributed by atoms with Gasteiger partial charge in [-0.05, 0) is 18.8 Å². The third-order valence-corrected chi connectivity index (χ3v) is 1.08. The summed E-state index contributed by atoms with van der Waals surface area (Å²) in [6.45, 7) is 0. The minimum atomic E-state index is -0.605. The number of hydrogen-bond acceptors (Lipinski definition) is 2. The zero-order valence-corrected chi connectivity index (χ0v) is 5.00. The number of primary amides is 1. The summed E-state index contributed by atoms with van der Waals surface area (Å²) < 4.78 is 0. The Kier molecular flexibility index (Phi) is 1.67. The summed E-state index contributed by atoms with van der Waals surface area (Å²) in [4.78, 5) is 10.00. The molecule has 9 heavy (non-hydrogen) atoms. The molecule has 1 aliphatic carbocycles. The molecule has 0 unspecified atom stereocenters. The van der Waals surface area contributed by atoms with E-state index in [4.69, 9.17) is 5.73 Å². The predicted molar refractivity (Wildman–Crippen MR) is 33.9 cm³/mol. The second-order valence-corrected chi connectivity index (χ2v) is 2.09. The standard InChI is InChI=1S/C5H9N3O/c6-5(9)8-7-3-4-1-2-4/h3-4H,1-2H2,(H3,6,8,9). The van der Waals surface area contributed by atoms with E-state index in [1.54, 1.807) is 6.21 Å². The minimum Gasteiger partial charge on any atom is -0.350 e. The lowest BCUT2D eigenvalue weighted by Crippen LogP contribution is -2.24. The number of carbonyl (C=O) groups is 1. The molecule has 3 N–H and O–H groups in total. The summed E-state index contributed by atoms with van der Waals surface area (Å²) >= 11 is 0. The maximum atomic E-state index is 10.00. The first kappa shape index (κ1) is 6.07. The first-order valence-corrected chi connectivity index (χ1v) is 2.87. The first-order chi connectivity index (χ1) is 4.29. The van der Waals surface area contributed by atoms with Gasteiger partial charge in [0.2, 0.25) is 0 Å². The average molecular weight is 127 g/mol. The molecule has 1 rings (SSSR count). The van der Waals surface area contributed by atoms with Crippen LogP contribution >= 0.6 is 0 Å². The second kappa shape index (κ2) is 2.48. The van der Waals surface area contributed by atoms with Crippen molar-refractivity contribution in [3.63, 3.8) is 0 Å². The van der Waals surface area contributed by atoms with Gasteiger partial charge in [0.1, 0.15) is 0 Å². The third kappa shape index (κ3) is 2.69. The molecule has 0 bridgehead atoms. The lowest BCUT2D eigenvalue weighted by atomic mass is 10.5. The van der Waals surface area contributed by atoms with E-state index in [0.717, 1.165) is 0 Å². The van der Waals surface area contributed by atoms with Crippen molar-refractivity contribution in [3.8, 4) is 0 Å². The number of amides is 2. The number of nitrogens with zero attached hydrogens (tertiary/aromatic N) is 1. The van der Waals surface area contributed by atoms with Crippen molar-refractivity contribution in [2.45, 2.75) is 12.8 Å². The highest BCUT2D eigenvalue weighted by Crippen LogP contribution is 2.25. The molecule has 2 amide bonds. The fourth-order valence-electron chi connectivity index (χ4n) is 0.452. The molecule has 0 aliphatic heterocycles. The summed E-state index contributed by atoms with van der Waals surface area (Å²) in [5, 5.41) is 3.58. The van der Waals surface area contributed by atoms with E-state index < -0.39 is 6.03 Å². The lowest BCUT2D eigenvalue weighted by molar-refractivity contribution is 0.249. The molecule has 1 aliphatic rings. The van der Waals surface area contributed by atoms with E-state index in [0.29, 0.717) is 5.92 Å². The van der Waals surface area contributed by atoms with Crippen molar-refractivity contribution in [1.82, 2.24) is 5.43 Å². The van der Waals surface area contributed by atoms with E-state index in [2.05, 4.69) is 10.5 Å². The monoisotopic (exact) mass is 127 g/mol. The molecule has 0 spiro atoms. The Morgan fingerprint density at radius 1 is 1.78 bits per heavy atom. The van der Waals surface area contributed by atoms with Gasteiger partial charge in [-0.3, -0.25) is 0 Å². The molecule has 0 heterocycles. The molecule has 0 radical (unpaired) electrons. The van der Waals surface area contributed by atoms with E-state index in [1.807, 2.05) is 0 Å². The Bertz CT molecular complexity index is 139. The van der Waals surface area contributed by atoms with Gasteiger partial charge in [-0.25, -0.2) is 10.2 Å². The Morgan fingerprint density at radius 3 is 2.89 bits per heavy atom. The van der Waals surface area contributed by atoms with Crippen molar-refractivity contribution in [2.24, 2.45) is 16.8 Å². The van der Waals surface area contributed by atoms with Crippen LogP contribution in [0.5, 0.6) is 0 Å². The summed E-state index contributed by atoms with van der Waals surface area (Å²) in [6.07, 6.45) is 4.08. The highest BCUT2D eigenvalue weighted by molar-refractivity contribution is 5.73. The molecule has 0 aromatic heterocycles. The predicted octanol–water partition coefficient (Wildman–Crippen LogP) is 0.0505. The van der Waals surface area contributed by atoms with Crippen LogP contribution in [0.25, 0.3) is 0 Å². The van der Waals surface area contributed by atoms with Crippen LogP contribution in [0.3, 0.4) is 0 Å². The Balaban J connectivity index is 2.08. The first-order valence-electron chi connectivity index (χ1n) is 2.87. The summed E-state index contributed by atoms with van der Waals surface area (Å²) in [6, 6.07) is -0.605. The van der Waals surface area contributed by atoms with Gasteiger partial charge in [0.25, 0.3) is 0 Å². The van der Waals surface area contributed by atoms with Crippen LogP contribution in [0.1, 0.15) is 12.8 Å². The van der Waals surface area contributed by atoms with Crippen molar-refractivity contribution < 1.29 is 4.79 Å². The molecule has 0 aromatic rings. The number of hydrazone groups is 1. The number of nitrogens with one attached hydrogen (secondary N) is 1. The molecule has 50 valence electrons. The minimum absolute atomic E-state index is 0.580. The number of nitrogens with two attached hydrogens (primary N) is 1. The van der Waals surface area contributed by atoms with Crippen LogP contribution in [0.2, 0.25) is 0 Å². The van der Waals surface area contributed by atoms with Gasteiger partial charge in [-0.1, -0.05) is 0 Å². The molecule has 1 fully saturated rings. The maximum absolute atomic E-state index is 10.00. The van der Waals surface area contributed by atoms with Crippen molar-refractivity contribution >= 4 is 12.2 Å². The Labute approximate surface area is 53.1 Å². The number of carbonyl (C=O) groups excluding carboxylic acids is 1. The fraction of sp³-hybridized carbons (Fsp3) is 0.600. The van der Waals surface area contributed by atoms with Gasteiger partial charge in [-0.2, -0.15) is 5.10 Å². The topological polar surface area (TPSA) is 67.5 Å². The van der Waals surface area contributed by atoms with Crippen LogP contribution in [0, 0.1) is 5.92 Å². The van der Waals surface area contributed by atoms with E-state index in [9.17, 15) is 4.79 Å². The van der Waals surface area contributed by atoms with Gasteiger partial charge < -0.3 is 5.73 Å². The second-order valence-electron chi connectivity index (χ2n) is 2.09. The fourth-order valence-corrected chi connectivity index (χ4v) is 0.452. The third-order valence-electron chi connectivity index (χ3n) is 1.08. The van der Waals surface area contributed by atoms with Crippen LogP contribution in [-0.2, 0) is 0 Å². The zero-order chi connectivity index (χ0) is 6.69. The summed E-state index contributed by atoms with van der Waals surface area (Å²) in [5.74, 6) is 0.580. The highest BCUT2D eigenvalue weighted by atomic mass is 16.2. The molecule has 0 atom stereocenters. The number of urea groups is 1. The zero-order valence-electron chi connectivity index (χ0n) is 5.00. The molecule has 1 saturated carbocycles. The normalized spacial score (nSPS) is 18.2. The molecule has 4 nitrogen and oxygen atoms in total. The Morgan fingerprint density at radius 2 is 2.44 bits per heavy atom. The van der Waals surface area contributed by atoms with Crippen LogP contribution < -0.4 is 11.2 Å². The van der Waals surface area contributed by atoms with Gasteiger partial charge in [0.15, 0.2) is 0 Å². The van der Waals surface area contributed by atoms with Crippen LogP contribution in [0.4, 0.5) is 4.79 Å². The number of rotatable bonds is 2. The van der Waals surface area contributed by atoms with Gasteiger partial charge in [0.05, 0.1) is 0 Å². The van der Waals surface area contributed by atoms with Crippen molar-refractivity contribution in [1.29, 1.82) is 0 Å². The van der Waals surface area contributed by atoms with Gasteiger partial charge in [-0.15, -0.1) is 0 Å². The van der Waals surface area contributed by atoms with Gasteiger partial charge >= 0.3 is 6.03 Å². The smallest absolute Gasteiger partial charge is 0.332 e.